The number of hydrogen-bond acceptors (Lipinski definition) is 7. The quantitative estimate of drug-likeness (QED) is 0.434. The van der Waals surface area contributed by atoms with E-state index in [0.717, 1.165) is 16.8 Å². The van der Waals surface area contributed by atoms with E-state index in [1.54, 1.807) is 23.4 Å². The number of fused-ring (bicyclic) bond motifs is 1. The highest BCUT2D eigenvalue weighted by Gasteiger charge is 2.33. The number of carbonyl (C=O) groups excluding carboxylic acids is 1. The molecule has 0 radical (unpaired) electrons. The van der Waals surface area contributed by atoms with E-state index >= 15 is 0 Å². The number of thioether (sulfide) groups is 1. The molecule has 0 saturated carbocycles. The van der Waals surface area contributed by atoms with Crippen LogP contribution in [0.15, 0.2) is 88.8 Å². The third kappa shape index (κ3) is 4.02. The lowest BCUT2D eigenvalue weighted by atomic mass is 10.0. The molecule has 2 aromatic heterocycles. The van der Waals surface area contributed by atoms with Crippen molar-refractivity contribution in [3.05, 3.63) is 84.7 Å². The van der Waals surface area contributed by atoms with Crippen LogP contribution in [0, 0.1) is 0 Å². The number of ether oxygens (including phenoxy) is 1. The number of para-hydroxylation sites is 2. The molecule has 8 heteroatoms. The number of benzene rings is 2. The van der Waals surface area contributed by atoms with Gasteiger partial charge in [0.25, 0.3) is 5.22 Å². The van der Waals surface area contributed by atoms with Crippen LogP contribution in [0.1, 0.15) is 11.6 Å². The molecule has 0 spiro atoms. The zero-order valence-electron chi connectivity index (χ0n) is 16.4. The summed E-state index contributed by atoms with van der Waals surface area (Å²) in [5.74, 6) is 1.18. The molecule has 3 heterocycles. The Balaban J connectivity index is 1.37. The normalized spacial score (nSPS) is 15.2. The molecule has 0 bridgehead atoms. The monoisotopic (exact) mass is 430 g/mol. The van der Waals surface area contributed by atoms with E-state index in [1.165, 1.54) is 11.8 Å². The second-order valence-corrected chi connectivity index (χ2v) is 7.80. The van der Waals surface area contributed by atoms with Crippen LogP contribution in [0.2, 0.25) is 0 Å². The summed E-state index contributed by atoms with van der Waals surface area (Å²) in [6.45, 7) is 0.392. The smallest absolute Gasteiger partial charge is 0.277 e. The summed E-state index contributed by atoms with van der Waals surface area (Å²) in [5.41, 5.74) is 2.52. The van der Waals surface area contributed by atoms with E-state index in [1.807, 2.05) is 60.7 Å². The summed E-state index contributed by atoms with van der Waals surface area (Å²) in [6.07, 6.45) is 3.33. The first kappa shape index (κ1) is 19.3. The van der Waals surface area contributed by atoms with Gasteiger partial charge in [-0.1, -0.05) is 54.2 Å². The largest absolute Gasteiger partial charge is 0.489 e. The number of carbonyl (C=O) groups is 1. The summed E-state index contributed by atoms with van der Waals surface area (Å²) in [5, 5.41) is 8.45. The number of pyridine rings is 1. The Labute approximate surface area is 183 Å². The van der Waals surface area contributed by atoms with Gasteiger partial charge in [0.05, 0.1) is 23.0 Å². The van der Waals surface area contributed by atoms with Gasteiger partial charge in [0.1, 0.15) is 12.4 Å². The lowest BCUT2D eigenvalue weighted by Gasteiger charge is -2.37. The predicted molar refractivity (Wildman–Crippen MR) is 117 cm³/mol. The first-order valence-electron chi connectivity index (χ1n) is 9.75. The fourth-order valence-electron chi connectivity index (χ4n) is 3.49. The number of hydrogen-bond donors (Lipinski definition) is 0. The van der Waals surface area contributed by atoms with Gasteiger partial charge >= 0.3 is 0 Å². The Morgan fingerprint density at radius 3 is 2.71 bits per heavy atom. The minimum Gasteiger partial charge on any atom is -0.489 e. The van der Waals surface area contributed by atoms with Gasteiger partial charge in [-0.2, -0.15) is 0 Å². The van der Waals surface area contributed by atoms with Crippen molar-refractivity contribution in [3.63, 3.8) is 0 Å². The third-order valence-electron chi connectivity index (χ3n) is 4.92. The van der Waals surface area contributed by atoms with E-state index in [0.29, 0.717) is 23.5 Å². The summed E-state index contributed by atoms with van der Waals surface area (Å²) in [4.78, 5) is 19.2. The van der Waals surface area contributed by atoms with Gasteiger partial charge in [-0.25, -0.2) is 0 Å². The van der Waals surface area contributed by atoms with Crippen molar-refractivity contribution < 1.29 is 13.9 Å². The summed E-state index contributed by atoms with van der Waals surface area (Å²) < 4.78 is 11.6. The summed E-state index contributed by atoms with van der Waals surface area (Å²) in [7, 11) is 0. The second-order valence-electron chi connectivity index (χ2n) is 6.87. The van der Waals surface area contributed by atoms with Crippen molar-refractivity contribution in [2.45, 2.75) is 11.3 Å². The topological polar surface area (TPSA) is 81.3 Å². The third-order valence-corrected chi connectivity index (χ3v) is 5.72. The Morgan fingerprint density at radius 1 is 1.03 bits per heavy atom. The Morgan fingerprint density at radius 2 is 1.87 bits per heavy atom. The van der Waals surface area contributed by atoms with E-state index in [2.05, 4.69) is 15.2 Å². The molecule has 5 rings (SSSR count). The molecule has 0 fully saturated rings. The highest BCUT2D eigenvalue weighted by Crippen LogP contribution is 2.39. The SMILES string of the molecule is O=C(CSc1nnc(-c2cccnc2)o1)N1c2ccccc2OC[C@H]1c1ccccc1. The average molecular weight is 430 g/mol. The molecule has 154 valence electrons. The number of rotatable bonds is 5. The predicted octanol–water partition coefficient (Wildman–Crippen LogP) is 4.39. The van der Waals surface area contributed by atoms with Crippen LogP contribution in [0.25, 0.3) is 11.5 Å². The van der Waals surface area contributed by atoms with Crippen molar-refractivity contribution in [2.75, 3.05) is 17.3 Å². The Kier molecular flexibility index (Phi) is 5.37. The number of anilines is 1. The van der Waals surface area contributed by atoms with Crippen molar-refractivity contribution in [1.29, 1.82) is 0 Å². The molecule has 1 atom stereocenters. The molecule has 0 N–H and O–H groups in total. The molecule has 1 amide bonds. The maximum Gasteiger partial charge on any atom is 0.277 e. The van der Waals surface area contributed by atoms with Gasteiger partial charge in [0.15, 0.2) is 0 Å². The van der Waals surface area contributed by atoms with Crippen molar-refractivity contribution in [1.82, 2.24) is 15.2 Å². The molecule has 0 aliphatic carbocycles. The van der Waals surface area contributed by atoms with Gasteiger partial charge in [-0.15, -0.1) is 10.2 Å². The van der Waals surface area contributed by atoms with E-state index in [-0.39, 0.29) is 17.7 Å². The Bertz CT molecular complexity index is 1180. The maximum atomic E-state index is 13.3. The first-order chi connectivity index (χ1) is 15.3. The standard InChI is InChI=1S/C23H18N4O3S/c28-21(15-31-23-26-25-22(30-23)17-9-6-12-24-13-17)27-18-10-4-5-11-20(18)29-14-19(27)16-7-2-1-3-8-16/h1-13,19H,14-15H2/t19-/m0/s1. The van der Waals surface area contributed by atoms with Crippen LogP contribution in [-0.4, -0.2) is 33.4 Å². The number of amides is 1. The summed E-state index contributed by atoms with van der Waals surface area (Å²) in [6, 6.07) is 20.9. The molecule has 4 aromatic rings. The van der Waals surface area contributed by atoms with E-state index in [9.17, 15) is 4.79 Å². The van der Waals surface area contributed by atoms with Crippen LogP contribution in [0.3, 0.4) is 0 Å². The molecular formula is C23H18N4O3S. The van der Waals surface area contributed by atoms with Gasteiger partial charge in [-0.3, -0.25) is 14.7 Å². The number of aromatic nitrogens is 3. The lowest BCUT2D eigenvalue weighted by molar-refractivity contribution is -0.117. The highest BCUT2D eigenvalue weighted by atomic mass is 32.2. The number of nitrogens with zero attached hydrogens (tertiary/aromatic N) is 4. The van der Waals surface area contributed by atoms with Crippen LogP contribution in [0.5, 0.6) is 5.75 Å². The zero-order valence-corrected chi connectivity index (χ0v) is 17.2. The lowest BCUT2D eigenvalue weighted by Crippen LogP contribution is -2.42. The fourth-order valence-corrected chi connectivity index (χ4v) is 4.11. The Hall–Kier alpha value is -3.65. The minimum absolute atomic E-state index is 0.0595. The van der Waals surface area contributed by atoms with E-state index in [4.69, 9.17) is 9.15 Å². The zero-order chi connectivity index (χ0) is 21.0. The molecule has 1 aliphatic rings. The minimum atomic E-state index is -0.210. The van der Waals surface area contributed by atoms with Gasteiger partial charge in [0, 0.05) is 12.4 Å². The molecule has 0 saturated heterocycles. The first-order valence-corrected chi connectivity index (χ1v) is 10.7. The van der Waals surface area contributed by atoms with Crippen LogP contribution < -0.4 is 9.64 Å². The molecule has 31 heavy (non-hydrogen) atoms. The molecule has 0 unspecified atom stereocenters. The average Bonchev–Trinajstić information content (AvgIpc) is 3.32. The van der Waals surface area contributed by atoms with Crippen LogP contribution in [-0.2, 0) is 4.79 Å². The summed E-state index contributed by atoms with van der Waals surface area (Å²) >= 11 is 1.22. The molecule has 2 aromatic carbocycles. The van der Waals surface area contributed by atoms with Gasteiger partial charge in [0.2, 0.25) is 11.8 Å². The van der Waals surface area contributed by atoms with E-state index < -0.39 is 0 Å². The molecule has 7 nitrogen and oxygen atoms in total. The van der Waals surface area contributed by atoms with Gasteiger partial charge in [-0.05, 0) is 29.8 Å². The van der Waals surface area contributed by atoms with Crippen molar-refractivity contribution in [2.24, 2.45) is 0 Å². The highest BCUT2D eigenvalue weighted by molar-refractivity contribution is 7.99. The molecular weight excluding hydrogens is 412 g/mol. The second kappa shape index (κ2) is 8.61. The molecule has 1 aliphatic heterocycles. The van der Waals surface area contributed by atoms with Crippen molar-refractivity contribution in [3.8, 4) is 17.2 Å². The van der Waals surface area contributed by atoms with Gasteiger partial charge < -0.3 is 9.15 Å². The fraction of sp³-hybridized carbons (Fsp3) is 0.130. The van der Waals surface area contributed by atoms with Crippen LogP contribution in [0.4, 0.5) is 5.69 Å². The maximum absolute atomic E-state index is 13.3. The van der Waals surface area contributed by atoms with Crippen molar-refractivity contribution >= 4 is 23.4 Å². The van der Waals surface area contributed by atoms with Crippen LogP contribution >= 0.6 is 11.8 Å².